The van der Waals surface area contributed by atoms with Crippen LogP contribution in [-0.2, 0) is 33.9 Å². The van der Waals surface area contributed by atoms with Crippen LogP contribution in [0.2, 0.25) is 0 Å². The van der Waals surface area contributed by atoms with Crippen LogP contribution >= 0.6 is 0 Å². The Balaban J connectivity index is 1.28. The van der Waals surface area contributed by atoms with Gasteiger partial charge in [-0.25, -0.2) is 23.0 Å². The van der Waals surface area contributed by atoms with Crippen molar-refractivity contribution in [2.45, 2.75) is 95.3 Å². The molecule has 3 heterocycles. The van der Waals surface area contributed by atoms with Crippen LogP contribution in [0.4, 0.5) is 4.79 Å². The fourth-order valence-electron chi connectivity index (χ4n) is 7.02. The first kappa shape index (κ1) is 38.8. The largest absolute Gasteiger partial charge is 0.497 e. The number of cyclic esters (lactones) is 1. The number of benzene rings is 1. The molecule has 6 atom stereocenters. The number of carbonyl (C=O) groups is 5. The van der Waals surface area contributed by atoms with Crippen molar-refractivity contribution in [3.8, 4) is 11.6 Å². The van der Waals surface area contributed by atoms with Crippen molar-refractivity contribution in [2.75, 3.05) is 20.3 Å². The first-order valence-corrected chi connectivity index (χ1v) is 19.5. The standard InChI is InChI=1S/C37H48N6O10S/c1-8-21-17-37(21,33(47)42-54(49,50)24-10-11-24)41-29(44)26-16-23(53-30-25-12-9-22(51-7)15-20(25)13-14-38-30)18-43(26)31(45)27(35(2,3)4)39-34(48)40-28-32(46)52-19-36(28,5)6/h8-9,12-15,21,23-24,26-28H,1,10-11,16-19H2,2-7H3,(H,41,44)(H,42,47)(H2,39,40,48)/t21-,23-,26+,27-,28-,37-/m1/s1. The molecule has 0 radical (unpaired) electrons. The molecule has 1 aromatic heterocycles. The van der Waals surface area contributed by atoms with E-state index in [-0.39, 0.29) is 31.9 Å². The summed E-state index contributed by atoms with van der Waals surface area (Å²) in [6.45, 7) is 12.6. The van der Waals surface area contributed by atoms with E-state index in [1.165, 1.54) is 11.0 Å². The number of carbonyl (C=O) groups excluding carboxylic acids is 5. The second-order valence-corrected chi connectivity index (χ2v) is 18.3. The Morgan fingerprint density at radius 2 is 1.87 bits per heavy atom. The Kier molecular flexibility index (Phi) is 10.1. The lowest BCUT2D eigenvalue weighted by atomic mass is 9.85. The summed E-state index contributed by atoms with van der Waals surface area (Å²) in [7, 11) is -2.37. The smallest absolute Gasteiger partial charge is 0.329 e. The molecule has 2 saturated carbocycles. The van der Waals surface area contributed by atoms with Crippen molar-refractivity contribution in [3.05, 3.63) is 43.1 Å². The lowest BCUT2D eigenvalue weighted by Crippen LogP contribution is -2.62. The number of pyridine rings is 1. The van der Waals surface area contributed by atoms with Gasteiger partial charge in [0.25, 0.3) is 5.91 Å². The average Bonchev–Trinajstić information content (AvgIpc) is 4.02. The molecular formula is C37H48N6O10S. The van der Waals surface area contributed by atoms with Gasteiger partial charge >= 0.3 is 12.0 Å². The topological polar surface area (TPSA) is 211 Å². The molecule has 6 rings (SSSR count). The monoisotopic (exact) mass is 768 g/mol. The maximum absolute atomic E-state index is 14.6. The van der Waals surface area contributed by atoms with Gasteiger partial charge < -0.3 is 35.1 Å². The summed E-state index contributed by atoms with van der Waals surface area (Å²) in [6.07, 6.45) is 3.26. The van der Waals surface area contributed by atoms with E-state index in [1.807, 2.05) is 6.07 Å². The van der Waals surface area contributed by atoms with E-state index in [4.69, 9.17) is 14.2 Å². The minimum atomic E-state index is -3.92. The molecule has 1 aromatic carbocycles. The first-order valence-electron chi connectivity index (χ1n) is 17.9. The third-order valence-electron chi connectivity index (χ3n) is 10.6. The van der Waals surface area contributed by atoms with E-state index >= 15 is 0 Å². The fourth-order valence-corrected chi connectivity index (χ4v) is 8.38. The number of methoxy groups -OCH3 is 1. The Morgan fingerprint density at radius 1 is 1.15 bits per heavy atom. The first-order chi connectivity index (χ1) is 25.3. The van der Waals surface area contributed by atoms with Crippen molar-refractivity contribution >= 4 is 50.5 Å². The summed E-state index contributed by atoms with van der Waals surface area (Å²) < 4.78 is 44.4. The number of fused-ring (bicyclic) bond motifs is 1. The van der Waals surface area contributed by atoms with Gasteiger partial charge in [0.1, 0.15) is 35.5 Å². The summed E-state index contributed by atoms with van der Waals surface area (Å²) in [4.78, 5) is 73.9. The number of nitrogens with zero attached hydrogens (tertiary/aromatic N) is 2. The van der Waals surface area contributed by atoms with Crippen LogP contribution < -0.4 is 30.1 Å². The summed E-state index contributed by atoms with van der Waals surface area (Å²) >= 11 is 0. The van der Waals surface area contributed by atoms with E-state index in [2.05, 4.69) is 32.2 Å². The number of hydrogen-bond acceptors (Lipinski definition) is 11. The molecule has 4 fully saturated rings. The number of amides is 5. The molecule has 0 spiro atoms. The number of sulfonamides is 1. The third-order valence-corrected chi connectivity index (χ3v) is 12.4. The normalized spacial score (nSPS) is 26.6. The number of esters is 1. The molecule has 4 N–H and O–H groups in total. The van der Waals surface area contributed by atoms with Gasteiger partial charge in [-0.2, -0.15) is 0 Å². The quantitative estimate of drug-likeness (QED) is 0.181. The number of aromatic nitrogens is 1. The Morgan fingerprint density at radius 3 is 2.46 bits per heavy atom. The molecule has 54 heavy (non-hydrogen) atoms. The maximum Gasteiger partial charge on any atom is 0.329 e. The van der Waals surface area contributed by atoms with E-state index in [0.717, 1.165) is 5.39 Å². The molecule has 4 aliphatic rings. The van der Waals surface area contributed by atoms with E-state index in [9.17, 15) is 32.4 Å². The number of hydrogen-bond donors (Lipinski definition) is 4. The second kappa shape index (κ2) is 14.0. The van der Waals surface area contributed by atoms with Gasteiger partial charge in [0.2, 0.25) is 27.7 Å². The highest BCUT2D eigenvalue weighted by atomic mass is 32.2. The highest BCUT2D eigenvalue weighted by Crippen LogP contribution is 2.45. The zero-order chi connectivity index (χ0) is 39.4. The van der Waals surface area contributed by atoms with Crippen LogP contribution in [0.3, 0.4) is 0 Å². The predicted molar refractivity (Wildman–Crippen MR) is 196 cm³/mol. The number of ether oxygens (including phenoxy) is 3. The van der Waals surface area contributed by atoms with E-state index < -0.39 is 91.5 Å². The zero-order valence-electron chi connectivity index (χ0n) is 31.3. The molecular weight excluding hydrogens is 721 g/mol. The Bertz CT molecular complexity index is 1990. The molecule has 2 saturated heterocycles. The minimum absolute atomic E-state index is 0.0201. The molecule has 2 aliphatic carbocycles. The molecule has 0 bridgehead atoms. The third kappa shape index (κ3) is 7.68. The van der Waals surface area contributed by atoms with Crippen LogP contribution in [0.25, 0.3) is 10.8 Å². The summed E-state index contributed by atoms with van der Waals surface area (Å²) in [5, 5.41) is 8.93. The molecule has 292 valence electrons. The SMILES string of the molecule is C=C[C@@H]1C[C@]1(NC(=O)[C@@H]1C[C@@H](Oc2nccc3cc(OC)ccc23)CN1C(=O)[C@@H](NC(=O)N[C@@H]1C(=O)OCC1(C)C)C(C)(C)C)C(=O)NS(=O)(=O)C1CC1. The molecule has 2 aromatic rings. The minimum Gasteiger partial charge on any atom is -0.497 e. The van der Waals surface area contributed by atoms with Crippen LogP contribution in [0, 0.1) is 16.7 Å². The predicted octanol–water partition coefficient (Wildman–Crippen LogP) is 1.93. The van der Waals surface area contributed by atoms with Crippen molar-refractivity contribution < 1.29 is 46.6 Å². The Labute approximate surface area is 314 Å². The molecule has 16 nitrogen and oxygen atoms in total. The lowest BCUT2D eigenvalue weighted by molar-refractivity contribution is -0.142. The van der Waals surface area contributed by atoms with Crippen LogP contribution in [-0.4, -0.2) is 103 Å². The van der Waals surface area contributed by atoms with Gasteiger partial charge in [-0.15, -0.1) is 6.58 Å². The van der Waals surface area contributed by atoms with Gasteiger partial charge in [-0.3, -0.25) is 19.1 Å². The van der Waals surface area contributed by atoms with Gasteiger partial charge in [-0.05, 0) is 54.3 Å². The van der Waals surface area contributed by atoms with Gasteiger partial charge in [0.05, 0.1) is 25.5 Å². The number of urea groups is 1. The highest BCUT2D eigenvalue weighted by Gasteiger charge is 2.62. The maximum atomic E-state index is 14.6. The number of rotatable bonds is 12. The van der Waals surface area contributed by atoms with Crippen molar-refractivity contribution in [1.82, 2.24) is 30.6 Å². The van der Waals surface area contributed by atoms with Crippen LogP contribution in [0.1, 0.15) is 60.3 Å². The summed E-state index contributed by atoms with van der Waals surface area (Å²) in [6, 6.07) is 3.04. The highest BCUT2D eigenvalue weighted by molar-refractivity contribution is 7.91. The lowest BCUT2D eigenvalue weighted by Gasteiger charge is -2.36. The summed E-state index contributed by atoms with van der Waals surface area (Å²) in [5.41, 5.74) is -3.17. The van der Waals surface area contributed by atoms with Crippen molar-refractivity contribution in [2.24, 2.45) is 16.7 Å². The van der Waals surface area contributed by atoms with Crippen LogP contribution in [0.5, 0.6) is 11.6 Å². The van der Waals surface area contributed by atoms with Gasteiger partial charge in [0, 0.05) is 29.3 Å². The zero-order valence-corrected chi connectivity index (χ0v) is 32.1. The summed E-state index contributed by atoms with van der Waals surface area (Å²) in [5.74, 6) is -2.44. The molecule has 2 aliphatic heterocycles. The molecule has 17 heteroatoms. The van der Waals surface area contributed by atoms with Gasteiger partial charge in [0.15, 0.2) is 0 Å². The average molecular weight is 769 g/mol. The van der Waals surface area contributed by atoms with Gasteiger partial charge in [-0.1, -0.05) is 40.7 Å². The second-order valence-electron chi connectivity index (χ2n) is 16.3. The van der Waals surface area contributed by atoms with E-state index in [0.29, 0.717) is 24.0 Å². The fraction of sp³-hybridized carbons (Fsp3) is 0.568. The number of nitrogens with one attached hydrogen (secondary N) is 4. The van der Waals surface area contributed by atoms with Crippen molar-refractivity contribution in [3.63, 3.8) is 0 Å². The van der Waals surface area contributed by atoms with Crippen LogP contribution in [0.15, 0.2) is 43.1 Å². The number of likely N-dealkylation sites (tertiary alicyclic amines) is 1. The van der Waals surface area contributed by atoms with E-state index in [1.54, 1.807) is 66.1 Å². The van der Waals surface area contributed by atoms with Crippen molar-refractivity contribution in [1.29, 1.82) is 0 Å². The molecule has 5 amide bonds. The Hall–Kier alpha value is -4.93. The molecule has 0 unspecified atom stereocenters.